The number of rotatable bonds is 3. The summed E-state index contributed by atoms with van der Waals surface area (Å²) in [4.78, 5) is 12.8. The zero-order valence-corrected chi connectivity index (χ0v) is 8.42. The van der Waals surface area contributed by atoms with Crippen molar-refractivity contribution in [3.8, 4) is 0 Å². The highest BCUT2D eigenvalue weighted by atomic mass is 16.2. The van der Waals surface area contributed by atoms with E-state index in [1.165, 1.54) is 0 Å². The van der Waals surface area contributed by atoms with E-state index < -0.39 is 0 Å². The van der Waals surface area contributed by atoms with Crippen LogP contribution in [0.4, 0.5) is 0 Å². The third-order valence-corrected chi connectivity index (χ3v) is 2.31. The summed E-state index contributed by atoms with van der Waals surface area (Å²) in [6.07, 6.45) is 7.72. The van der Waals surface area contributed by atoms with Gasteiger partial charge in [0.2, 0.25) is 5.91 Å². The van der Waals surface area contributed by atoms with Crippen LogP contribution in [0, 0.1) is 0 Å². The van der Waals surface area contributed by atoms with Gasteiger partial charge in [-0.25, -0.2) is 0 Å². The van der Waals surface area contributed by atoms with Crippen LogP contribution in [0.5, 0.6) is 0 Å². The van der Waals surface area contributed by atoms with E-state index in [0.717, 1.165) is 19.3 Å². The molecular formula is C10H18N2O. The molecule has 74 valence electrons. The van der Waals surface area contributed by atoms with Crippen LogP contribution in [0.1, 0.15) is 19.3 Å². The molecule has 13 heavy (non-hydrogen) atoms. The average molecular weight is 182 g/mol. The molecule has 0 aromatic heterocycles. The molecule has 3 heteroatoms. The molecule has 0 saturated carbocycles. The largest absolute Gasteiger partial charge is 0.348 e. The predicted molar refractivity (Wildman–Crippen MR) is 53.5 cm³/mol. The molecule has 0 bridgehead atoms. The number of hydrogen-bond acceptors (Lipinski definition) is 2. The van der Waals surface area contributed by atoms with E-state index in [1.54, 1.807) is 19.0 Å². The Morgan fingerprint density at radius 1 is 1.54 bits per heavy atom. The molecule has 0 saturated heterocycles. The molecule has 1 aliphatic rings. The first-order valence-corrected chi connectivity index (χ1v) is 4.78. The van der Waals surface area contributed by atoms with Crippen LogP contribution in [-0.4, -0.2) is 37.5 Å². The van der Waals surface area contributed by atoms with Crippen molar-refractivity contribution in [2.45, 2.75) is 25.3 Å². The summed E-state index contributed by atoms with van der Waals surface area (Å²) in [6.45, 7) is 0.464. The van der Waals surface area contributed by atoms with E-state index in [9.17, 15) is 4.79 Å². The summed E-state index contributed by atoms with van der Waals surface area (Å²) >= 11 is 0. The molecule has 0 aromatic carbocycles. The van der Waals surface area contributed by atoms with Gasteiger partial charge in [0, 0.05) is 20.1 Å². The highest BCUT2D eigenvalue weighted by Crippen LogP contribution is 2.09. The zero-order chi connectivity index (χ0) is 9.68. The van der Waals surface area contributed by atoms with E-state index in [4.69, 9.17) is 0 Å². The van der Waals surface area contributed by atoms with Gasteiger partial charge in [-0.3, -0.25) is 4.79 Å². The molecule has 1 amide bonds. The SMILES string of the molecule is CN(C)C(=O)CNC1CC=CCC1. The summed E-state index contributed by atoms with van der Waals surface area (Å²) in [7, 11) is 3.57. The molecule has 0 aromatic rings. The first kappa shape index (κ1) is 10.3. The van der Waals surface area contributed by atoms with E-state index in [2.05, 4.69) is 17.5 Å². The summed E-state index contributed by atoms with van der Waals surface area (Å²) in [5.74, 6) is 0.148. The zero-order valence-electron chi connectivity index (χ0n) is 8.42. The smallest absolute Gasteiger partial charge is 0.236 e. The lowest BCUT2D eigenvalue weighted by molar-refractivity contribution is -0.127. The van der Waals surface area contributed by atoms with E-state index in [0.29, 0.717) is 12.6 Å². The molecule has 0 aliphatic heterocycles. The number of nitrogens with zero attached hydrogens (tertiary/aromatic N) is 1. The fourth-order valence-corrected chi connectivity index (χ4v) is 1.37. The second-order valence-electron chi connectivity index (χ2n) is 3.65. The fraction of sp³-hybridized carbons (Fsp3) is 0.700. The second kappa shape index (κ2) is 5.02. The number of carbonyl (C=O) groups excluding carboxylic acids is 1. The maximum Gasteiger partial charge on any atom is 0.236 e. The molecule has 1 unspecified atom stereocenters. The van der Waals surface area contributed by atoms with E-state index >= 15 is 0 Å². The number of hydrogen-bond donors (Lipinski definition) is 1. The Morgan fingerprint density at radius 2 is 2.31 bits per heavy atom. The van der Waals surface area contributed by atoms with Crippen LogP contribution in [0.25, 0.3) is 0 Å². The number of allylic oxidation sites excluding steroid dienone is 1. The van der Waals surface area contributed by atoms with E-state index in [-0.39, 0.29) is 5.91 Å². The van der Waals surface area contributed by atoms with Gasteiger partial charge in [0.25, 0.3) is 0 Å². The Balaban J connectivity index is 2.18. The van der Waals surface area contributed by atoms with Crippen LogP contribution < -0.4 is 5.32 Å². The molecule has 1 N–H and O–H groups in total. The van der Waals surface area contributed by atoms with Crippen LogP contribution in [0.15, 0.2) is 12.2 Å². The lowest BCUT2D eigenvalue weighted by Gasteiger charge is -2.20. The van der Waals surface area contributed by atoms with Crippen molar-refractivity contribution < 1.29 is 4.79 Å². The molecule has 3 nitrogen and oxygen atoms in total. The maximum absolute atomic E-state index is 11.2. The Hall–Kier alpha value is -0.830. The average Bonchev–Trinajstić information content (AvgIpc) is 2.15. The molecule has 0 radical (unpaired) electrons. The molecule has 1 aliphatic carbocycles. The van der Waals surface area contributed by atoms with Crippen molar-refractivity contribution in [1.82, 2.24) is 10.2 Å². The highest BCUT2D eigenvalue weighted by Gasteiger charge is 2.11. The van der Waals surface area contributed by atoms with Crippen molar-refractivity contribution >= 4 is 5.91 Å². The van der Waals surface area contributed by atoms with Gasteiger partial charge in [-0.2, -0.15) is 0 Å². The Labute approximate surface area is 79.8 Å². The second-order valence-corrected chi connectivity index (χ2v) is 3.65. The van der Waals surface area contributed by atoms with Gasteiger partial charge in [0.05, 0.1) is 6.54 Å². The lowest BCUT2D eigenvalue weighted by Crippen LogP contribution is -2.38. The van der Waals surface area contributed by atoms with Crippen LogP contribution in [0.3, 0.4) is 0 Å². The van der Waals surface area contributed by atoms with Gasteiger partial charge >= 0.3 is 0 Å². The van der Waals surface area contributed by atoms with Crippen LogP contribution in [-0.2, 0) is 4.79 Å². The first-order chi connectivity index (χ1) is 6.20. The number of likely N-dealkylation sites (N-methyl/N-ethyl adjacent to an activating group) is 1. The Morgan fingerprint density at radius 3 is 2.85 bits per heavy atom. The van der Waals surface area contributed by atoms with Crippen molar-refractivity contribution in [2.24, 2.45) is 0 Å². The first-order valence-electron chi connectivity index (χ1n) is 4.78. The van der Waals surface area contributed by atoms with Gasteiger partial charge in [-0.15, -0.1) is 0 Å². The highest BCUT2D eigenvalue weighted by molar-refractivity contribution is 5.77. The minimum atomic E-state index is 0.148. The van der Waals surface area contributed by atoms with Crippen molar-refractivity contribution in [2.75, 3.05) is 20.6 Å². The van der Waals surface area contributed by atoms with E-state index in [1.807, 2.05) is 0 Å². The van der Waals surface area contributed by atoms with Crippen LogP contribution in [0.2, 0.25) is 0 Å². The number of nitrogens with one attached hydrogen (secondary N) is 1. The molecule has 0 fully saturated rings. The molecule has 1 atom stereocenters. The summed E-state index contributed by atoms with van der Waals surface area (Å²) < 4.78 is 0. The van der Waals surface area contributed by atoms with Gasteiger partial charge in [0.15, 0.2) is 0 Å². The fourth-order valence-electron chi connectivity index (χ4n) is 1.37. The van der Waals surface area contributed by atoms with Gasteiger partial charge < -0.3 is 10.2 Å². The minimum Gasteiger partial charge on any atom is -0.348 e. The van der Waals surface area contributed by atoms with Crippen molar-refractivity contribution in [3.63, 3.8) is 0 Å². The van der Waals surface area contributed by atoms with Crippen LogP contribution >= 0.6 is 0 Å². The molecule has 0 heterocycles. The normalized spacial score (nSPS) is 21.5. The van der Waals surface area contributed by atoms with Gasteiger partial charge in [-0.05, 0) is 19.3 Å². The van der Waals surface area contributed by atoms with Crippen molar-refractivity contribution in [1.29, 1.82) is 0 Å². The molecule has 0 spiro atoms. The maximum atomic E-state index is 11.2. The van der Waals surface area contributed by atoms with Gasteiger partial charge in [-0.1, -0.05) is 12.2 Å². The Bertz CT molecular complexity index is 199. The minimum absolute atomic E-state index is 0.148. The summed E-state index contributed by atoms with van der Waals surface area (Å²) in [5.41, 5.74) is 0. The molecule has 1 rings (SSSR count). The van der Waals surface area contributed by atoms with Crippen molar-refractivity contribution in [3.05, 3.63) is 12.2 Å². The molecular weight excluding hydrogens is 164 g/mol. The standard InChI is InChI=1S/C10H18N2O/c1-12(2)10(13)8-11-9-6-4-3-5-7-9/h3-4,9,11H,5-8H2,1-2H3. The quantitative estimate of drug-likeness (QED) is 0.654. The topological polar surface area (TPSA) is 32.3 Å². The summed E-state index contributed by atoms with van der Waals surface area (Å²) in [6, 6.07) is 0.494. The third-order valence-electron chi connectivity index (χ3n) is 2.31. The predicted octanol–water partition coefficient (Wildman–Crippen LogP) is 0.773. The monoisotopic (exact) mass is 182 g/mol. The summed E-state index contributed by atoms with van der Waals surface area (Å²) in [5, 5.41) is 3.26. The third kappa shape index (κ3) is 3.59. The number of amides is 1. The lowest BCUT2D eigenvalue weighted by atomic mass is 10.0. The van der Waals surface area contributed by atoms with Gasteiger partial charge in [0.1, 0.15) is 0 Å². The number of carbonyl (C=O) groups is 1. The Kier molecular flexibility index (Phi) is 3.96.